The maximum atomic E-state index is 11.6. The van der Waals surface area contributed by atoms with Crippen LogP contribution in [-0.4, -0.2) is 22.3 Å². The first-order valence-corrected chi connectivity index (χ1v) is 6.93. The van der Waals surface area contributed by atoms with Crippen molar-refractivity contribution < 1.29 is 19.7 Å². The van der Waals surface area contributed by atoms with Gasteiger partial charge in [0, 0.05) is 6.08 Å². The Labute approximate surface area is 119 Å². The predicted octanol–water partition coefficient (Wildman–Crippen LogP) is 3.62. The average Bonchev–Trinajstić information content (AvgIpc) is 2.40. The fourth-order valence-corrected chi connectivity index (χ4v) is 1.79. The van der Waals surface area contributed by atoms with E-state index >= 15 is 0 Å². The highest BCUT2D eigenvalue weighted by Gasteiger charge is 2.06. The highest BCUT2D eigenvalue weighted by atomic mass is 16.5. The van der Waals surface area contributed by atoms with Gasteiger partial charge < -0.3 is 14.9 Å². The van der Waals surface area contributed by atoms with Crippen molar-refractivity contribution in [3.8, 4) is 11.5 Å². The van der Waals surface area contributed by atoms with Crippen LogP contribution in [0.1, 0.15) is 45.1 Å². The minimum atomic E-state index is -0.401. The van der Waals surface area contributed by atoms with Crippen LogP contribution in [0, 0.1) is 0 Å². The molecular weight excluding hydrogens is 256 g/mol. The molecule has 0 saturated carbocycles. The first-order chi connectivity index (χ1) is 9.52. The highest BCUT2D eigenvalue weighted by Crippen LogP contribution is 2.25. The fraction of sp³-hybridized carbons (Fsp3) is 0.438. The summed E-state index contributed by atoms with van der Waals surface area (Å²) in [4.78, 5) is 11.6. The second-order valence-electron chi connectivity index (χ2n) is 4.82. The minimum Gasteiger partial charge on any atom is -0.504 e. The molecule has 1 unspecified atom stereocenters. The van der Waals surface area contributed by atoms with Crippen molar-refractivity contribution in [2.24, 2.45) is 0 Å². The summed E-state index contributed by atoms with van der Waals surface area (Å²) in [6.45, 7) is 4.01. The number of carbonyl (C=O) groups is 1. The summed E-state index contributed by atoms with van der Waals surface area (Å²) < 4.78 is 5.23. The Kier molecular flexibility index (Phi) is 6.64. The molecule has 4 heteroatoms. The van der Waals surface area contributed by atoms with Crippen molar-refractivity contribution in [1.29, 1.82) is 0 Å². The molecule has 0 bridgehead atoms. The van der Waals surface area contributed by atoms with E-state index in [9.17, 15) is 15.0 Å². The molecule has 0 spiro atoms. The normalized spacial score (nSPS) is 12.5. The number of carbonyl (C=O) groups excluding carboxylic acids is 1. The number of ether oxygens (including phenoxy) is 1. The second kappa shape index (κ2) is 8.25. The zero-order valence-corrected chi connectivity index (χ0v) is 12.0. The molecule has 110 valence electrons. The molecule has 0 amide bonds. The SMILES string of the molecule is CCCCCC(C)OC(=O)/C=C/c1ccc(O)c(O)c1. The third kappa shape index (κ3) is 5.78. The van der Waals surface area contributed by atoms with Crippen LogP contribution in [0.2, 0.25) is 0 Å². The summed E-state index contributed by atoms with van der Waals surface area (Å²) in [6, 6.07) is 4.35. The topological polar surface area (TPSA) is 66.8 Å². The molecule has 0 aromatic heterocycles. The summed E-state index contributed by atoms with van der Waals surface area (Å²) in [5.74, 6) is -0.802. The van der Waals surface area contributed by atoms with Crippen molar-refractivity contribution in [2.45, 2.75) is 45.6 Å². The predicted molar refractivity (Wildman–Crippen MR) is 78.5 cm³/mol. The molecule has 0 radical (unpaired) electrons. The van der Waals surface area contributed by atoms with Gasteiger partial charge in [-0.15, -0.1) is 0 Å². The lowest BCUT2D eigenvalue weighted by Gasteiger charge is -2.11. The van der Waals surface area contributed by atoms with E-state index in [4.69, 9.17) is 4.74 Å². The van der Waals surface area contributed by atoms with Crippen molar-refractivity contribution in [1.82, 2.24) is 0 Å². The first-order valence-electron chi connectivity index (χ1n) is 6.93. The third-order valence-electron chi connectivity index (χ3n) is 2.94. The van der Waals surface area contributed by atoms with Crippen LogP contribution in [0.3, 0.4) is 0 Å². The van der Waals surface area contributed by atoms with E-state index in [1.54, 1.807) is 12.1 Å². The van der Waals surface area contributed by atoms with Gasteiger partial charge in [-0.1, -0.05) is 25.8 Å². The largest absolute Gasteiger partial charge is 0.504 e. The van der Waals surface area contributed by atoms with E-state index in [2.05, 4.69) is 6.92 Å². The van der Waals surface area contributed by atoms with Crippen molar-refractivity contribution in [3.63, 3.8) is 0 Å². The van der Waals surface area contributed by atoms with Gasteiger partial charge in [0.1, 0.15) is 0 Å². The van der Waals surface area contributed by atoms with Crippen LogP contribution in [0.25, 0.3) is 6.08 Å². The standard InChI is InChI=1S/C16H22O4/c1-3-4-5-6-12(2)20-16(19)10-8-13-7-9-14(17)15(18)11-13/h7-12,17-18H,3-6H2,1-2H3/b10-8+. The third-order valence-corrected chi connectivity index (χ3v) is 2.94. The number of phenols is 2. The maximum absolute atomic E-state index is 11.6. The Balaban J connectivity index is 2.44. The van der Waals surface area contributed by atoms with Gasteiger partial charge in [0.25, 0.3) is 0 Å². The molecule has 1 aromatic carbocycles. The fourth-order valence-electron chi connectivity index (χ4n) is 1.79. The van der Waals surface area contributed by atoms with E-state index in [0.717, 1.165) is 25.7 Å². The van der Waals surface area contributed by atoms with Gasteiger partial charge in [0.15, 0.2) is 11.5 Å². The number of aromatic hydroxyl groups is 2. The van der Waals surface area contributed by atoms with E-state index in [1.807, 2.05) is 6.92 Å². The van der Waals surface area contributed by atoms with Crippen LogP contribution in [0.15, 0.2) is 24.3 Å². The lowest BCUT2D eigenvalue weighted by molar-refractivity contribution is -0.142. The van der Waals surface area contributed by atoms with Crippen molar-refractivity contribution >= 4 is 12.0 Å². The van der Waals surface area contributed by atoms with Crippen molar-refractivity contribution in [2.75, 3.05) is 0 Å². The van der Waals surface area contributed by atoms with Gasteiger partial charge in [-0.2, -0.15) is 0 Å². The summed E-state index contributed by atoms with van der Waals surface area (Å²) in [5.41, 5.74) is 0.621. The monoisotopic (exact) mass is 278 g/mol. The van der Waals surface area contributed by atoms with Gasteiger partial charge >= 0.3 is 5.97 Å². The van der Waals surface area contributed by atoms with E-state index in [1.165, 1.54) is 18.2 Å². The smallest absolute Gasteiger partial charge is 0.331 e. The number of benzene rings is 1. The summed E-state index contributed by atoms with van der Waals surface area (Å²) in [6.07, 6.45) is 6.98. The van der Waals surface area contributed by atoms with E-state index < -0.39 is 5.97 Å². The summed E-state index contributed by atoms with van der Waals surface area (Å²) in [5, 5.41) is 18.5. The second-order valence-corrected chi connectivity index (χ2v) is 4.82. The van der Waals surface area contributed by atoms with E-state index in [-0.39, 0.29) is 17.6 Å². The lowest BCUT2D eigenvalue weighted by atomic mass is 10.1. The lowest BCUT2D eigenvalue weighted by Crippen LogP contribution is -2.12. The Morgan fingerprint density at radius 2 is 2.05 bits per heavy atom. The molecule has 20 heavy (non-hydrogen) atoms. The van der Waals surface area contributed by atoms with Crippen LogP contribution in [0.4, 0.5) is 0 Å². The number of rotatable bonds is 7. The van der Waals surface area contributed by atoms with Gasteiger partial charge in [-0.05, 0) is 43.5 Å². The number of hydrogen-bond acceptors (Lipinski definition) is 4. The summed E-state index contributed by atoms with van der Waals surface area (Å²) in [7, 11) is 0. The molecular formula is C16H22O4. The molecule has 0 aliphatic rings. The van der Waals surface area contributed by atoms with Crippen LogP contribution in [0.5, 0.6) is 11.5 Å². The van der Waals surface area contributed by atoms with Gasteiger partial charge in [-0.25, -0.2) is 4.79 Å². The molecule has 4 nitrogen and oxygen atoms in total. The molecule has 0 aliphatic heterocycles. The van der Waals surface area contributed by atoms with E-state index in [0.29, 0.717) is 5.56 Å². The van der Waals surface area contributed by atoms with Crippen LogP contribution < -0.4 is 0 Å². The summed E-state index contributed by atoms with van der Waals surface area (Å²) >= 11 is 0. The van der Waals surface area contributed by atoms with Gasteiger partial charge in [0.05, 0.1) is 6.10 Å². The zero-order valence-electron chi connectivity index (χ0n) is 12.0. The molecule has 0 heterocycles. The molecule has 1 atom stereocenters. The zero-order chi connectivity index (χ0) is 15.0. The number of hydrogen-bond donors (Lipinski definition) is 2. The molecule has 0 saturated heterocycles. The molecule has 1 aromatic rings. The van der Waals surface area contributed by atoms with Crippen LogP contribution in [-0.2, 0) is 9.53 Å². The molecule has 1 rings (SSSR count). The average molecular weight is 278 g/mol. The Morgan fingerprint density at radius 3 is 2.70 bits per heavy atom. The number of unbranched alkanes of at least 4 members (excludes halogenated alkanes) is 2. The highest BCUT2D eigenvalue weighted by molar-refractivity contribution is 5.87. The quantitative estimate of drug-likeness (QED) is 0.346. The number of esters is 1. The molecule has 2 N–H and O–H groups in total. The van der Waals surface area contributed by atoms with Gasteiger partial charge in [0.2, 0.25) is 0 Å². The Hall–Kier alpha value is -1.97. The van der Waals surface area contributed by atoms with Crippen molar-refractivity contribution in [3.05, 3.63) is 29.8 Å². The Morgan fingerprint density at radius 1 is 1.30 bits per heavy atom. The number of phenolic OH excluding ortho intramolecular Hbond substituents is 2. The molecule has 0 fully saturated rings. The first kappa shape index (κ1) is 16.1. The van der Waals surface area contributed by atoms with Gasteiger partial charge in [-0.3, -0.25) is 0 Å². The minimum absolute atomic E-state index is 0.0908. The van der Waals surface area contributed by atoms with Crippen LogP contribution >= 0.6 is 0 Å². The Bertz CT molecular complexity index is 466. The maximum Gasteiger partial charge on any atom is 0.331 e. The molecule has 0 aliphatic carbocycles.